The van der Waals surface area contributed by atoms with Gasteiger partial charge in [0.1, 0.15) is 0 Å². The first-order valence-corrected chi connectivity index (χ1v) is 6.38. The normalized spacial score (nSPS) is 34.6. The lowest BCUT2D eigenvalue weighted by atomic mass is 10.00. The molecule has 3 atom stereocenters. The number of nitrogens with zero attached hydrogens (tertiary/aromatic N) is 2. The molecule has 2 rings (SSSR count). The Hall–Kier alpha value is -0.650. The van der Waals surface area contributed by atoms with Gasteiger partial charge in [0.2, 0.25) is 0 Å². The van der Waals surface area contributed by atoms with Crippen molar-refractivity contribution in [2.24, 2.45) is 5.92 Å². The summed E-state index contributed by atoms with van der Waals surface area (Å²) in [5.41, 5.74) is 0. The van der Waals surface area contributed by atoms with Crippen LogP contribution < -0.4 is 0 Å². The maximum Gasteiger partial charge on any atom is 0.310 e. The third-order valence-electron chi connectivity index (χ3n) is 3.99. The number of aliphatic carboxylic acids is 1. The standard InChI is InChI=1S/C12H22N2O3/c1-3-14(9-4-5-13(2)6-9)11-8-17-7-10(11)12(15)16/h9-11H,3-8H2,1-2H3,(H,15,16). The van der Waals surface area contributed by atoms with E-state index in [0.29, 0.717) is 19.3 Å². The summed E-state index contributed by atoms with van der Waals surface area (Å²) in [6.07, 6.45) is 1.13. The quantitative estimate of drug-likeness (QED) is 0.758. The fourth-order valence-corrected chi connectivity index (χ4v) is 3.05. The monoisotopic (exact) mass is 242 g/mol. The largest absolute Gasteiger partial charge is 0.481 e. The molecule has 0 spiro atoms. The Morgan fingerprint density at radius 2 is 2.29 bits per heavy atom. The Labute approximate surface area is 102 Å². The summed E-state index contributed by atoms with van der Waals surface area (Å²) in [7, 11) is 2.12. The molecule has 2 heterocycles. The summed E-state index contributed by atoms with van der Waals surface area (Å²) >= 11 is 0. The summed E-state index contributed by atoms with van der Waals surface area (Å²) in [4.78, 5) is 15.8. The summed E-state index contributed by atoms with van der Waals surface area (Å²) < 4.78 is 5.36. The Bertz CT molecular complexity index is 285. The second-order valence-corrected chi connectivity index (χ2v) is 5.08. The molecule has 17 heavy (non-hydrogen) atoms. The lowest BCUT2D eigenvalue weighted by molar-refractivity contribution is -0.143. The zero-order valence-electron chi connectivity index (χ0n) is 10.6. The third-order valence-corrected chi connectivity index (χ3v) is 3.99. The number of carboxylic acid groups (broad SMARTS) is 1. The maximum absolute atomic E-state index is 11.2. The van der Waals surface area contributed by atoms with E-state index in [4.69, 9.17) is 4.74 Å². The van der Waals surface area contributed by atoms with Crippen LogP contribution in [0.25, 0.3) is 0 Å². The maximum atomic E-state index is 11.2. The molecule has 0 aliphatic carbocycles. The van der Waals surface area contributed by atoms with Gasteiger partial charge in [0.15, 0.2) is 0 Å². The molecule has 2 aliphatic rings. The summed E-state index contributed by atoms with van der Waals surface area (Å²) in [5, 5.41) is 9.21. The SMILES string of the molecule is CCN(C1CCN(C)C1)C1COCC1C(=O)O. The highest BCUT2D eigenvalue weighted by molar-refractivity contribution is 5.71. The highest BCUT2D eigenvalue weighted by Crippen LogP contribution is 2.25. The number of hydrogen-bond donors (Lipinski definition) is 1. The fraction of sp³-hybridized carbons (Fsp3) is 0.917. The van der Waals surface area contributed by atoms with Gasteiger partial charge in [-0.25, -0.2) is 0 Å². The Kier molecular flexibility index (Phi) is 4.01. The predicted octanol–water partition coefficient (Wildman–Crippen LogP) is 0.112. The number of likely N-dealkylation sites (N-methyl/N-ethyl adjacent to an activating group) is 2. The lowest BCUT2D eigenvalue weighted by Gasteiger charge is -2.34. The third kappa shape index (κ3) is 2.61. The van der Waals surface area contributed by atoms with Gasteiger partial charge in [-0.3, -0.25) is 9.69 Å². The van der Waals surface area contributed by atoms with E-state index in [9.17, 15) is 9.90 Å². The molecule has 2 saturated heterocycles. The lowest BCUT2D eigenvalue weighted by Crippen LogP contribution is -2.49. The molecule has 0 aromatic carbocycles. The second kappa shape index (κ2) is 5.33. The van der Waals surface area contributed by atoms with E-state index in [1.807, 2.05) is 0 Å². The van der Waals surface area contributed by atoms with E-state index in [-0.39, 0.29) is 12.0 Å². The van der Waals surface area contributed by atoms with Gasteiger partial charge in [0.05, 0.1) is 19.1 Å². The van der Waals surface area contributed by atoms with Gasteiger partial charge in [-0.1, -0.05) is 6.92 Å². The van der Waals surface area contributed by atoms with Crippen LogP contribution in [0.1, 0.15) is 13.3 Å². The van der Waals surface area contributed by atoms with Crippen LogP contribution in [0.3, 0.4) is 0 Å². The number of rotatable bonds is 4. The second-order valence-electron chi connectivity index (χ2n) is 5.08. The fourth-order valence-electron chi connectivity index (χ4n) is 3.05. The smallest absolute Gasteiger partial charge is 0.310 e. The van der Waals surface area contributed by atoms with Crippen LogP contribution in [0.15, 0.2) is 0 Å². The van der Waals surface area contributed by atoms with Crippen molar-refractivity contribution < 1.29 is 14.6 Å². The minimum absolute atomic E-state index is 0.0500. The summed E-state index contributed by atoms with van der Waals surface area (Å²) in [5.74, 6) is -1.09. The van der Waals surface area contributed by atoms with E-state index in [0.717, 1.165) is 26.1 Å². The average molecular weight is 242 g/mol. The minimum atomic E-state index is -0.725. The van der Waals surface area contributed by atoms with Crippen molar-refractivity contribution >= 4 is 5.97 Å². The van der Waals surface area contributed by atoms with Gasteiger partial charge >= 0.3 is 5.97 Å². The first-order valence-electron chi connectivity index (χ1n) is 6.38. The molecule has 2 aliphatic heterocycles. The molecular formula is C12H22N2O3. The van der Waals surface area contributed by atoms with Crippen molar-refractivity contribution in [2.75, 3.05) is 39.9 Å². The van der Waals surface area contributed by atoms with Crippen molar-refractivity contribution in [1.29, 1.82) is 0 Å². The van der Waals surface area contributed by atoms with Gasteiger partial charge in [0, 0.05) is 18.6 Å². The number of carboxylic acids is 1. The molecule has 0 aromatic heterocycles. The van der Waals surface area contributed by atoms with Gasteiger partial charge in [-0.15, -0.1) is 0 Å². The van der Waals surface area contributed by atoms with Crippen LogP contribution in [-0.4, -0.2) is 72.9 Å². The van der Waals surface area contributed by atoms with Crippen molar-refractivity contribution in [3.63, 3.8) is 0 Å². The zero-order chi connectivity index (χ0) is 12.4. The predicted molar refractivity (Wildman–Crippen MR) is 64.0 cm³/mol. The van der Waals surface area contributed by atoms with E-state index in [1.165, 1.54) is 0 Å². The molecule has 98 valence electrons. The topological polar surface area (TPSA) is 53.0 Å². The molecule has 0 amide bonds. The van der Waals surface area contributed by atoms with Crippen molar-refractivity contribution in [3.05, 3.63) is 0 Å². The molecule has 5 heteroatoms. The van der Waals surface area contributed by atoms with Gasteiger partial charge in [0.25, 0.3) is 0 Å². The molecular weight excluding hydrogens is 220 g/mol. The molecule has 0 aromatic rings. The number of carbonyl (C=O) groups is 1. The Balaban J connectivity index is 2.04. The number of hydrogen-bond acceptors (Lipinski definition) is 4. The van der Waals surface area contributed by atoms with Crippen molar-refractivity contribution in [3.8, 4) is 0 Å². The highest BCUT2D eigenvalue weighted by atomic mass is 16.5. The van der Waals surface area contributed by atoms with Crippen LogP contribution in [0.5, 0.6) is 0 Å². The molecule has 0 radical (unpaired) electrons. The van der Waals surface area contributed by atoms with Crippen LogP contribution >= 0.6 is 0 Å². The van der Waals surface area contributed by atoms with E-state index < -0.39 is 5.97 Å². The first kappa shape index (κ1) is 12.8. The van der Waals surface area contributed by atoms with E-state index in [2.05, 4.69) is 23.8 Å². The van der Waals surface area contributed by atoms with Crippen LogP contribution in [0.2, 0.25) is 0 Å². The molecule has 1 N–H and O–H groups in total. The number of ether oxygens (including phenoxy) is 1. The van der Waals surface area contributed by atoms with Crippen molar-refractivity contribution in [1.82, 2.24) is 9.80 Å². The Morgan fingerprint density at radius 3 is 2.82 bits per heavy atom. The van der Waals surface area contributed by atoms with Crippen LogP contribution in [-0.2, 0) is 9.53 Å². The molecule has 3 unspecified atom stereocenters. The summed E-state index contributed by atoms with van der Waals surface area (Å²) in [6.45, 7) is 6.07. The molecule has 0 saturated carbocycles. The van der Waals surface area contributed by atoms with E-state index >= 15 is 0 Å². The van der Waals surface area contributed by atoms with Crippen LogP contribution in [0, 0.1) is 5.92 Å². The zero-order valence-corrected chi connectivity index (χ0v) is 10.6. The van der Waals surface area contributed by atoms with Crippen LogP contribution in [0.4, 0.5) is 0 Å². The highest BCUT2D eigenvalue weighted by Gasteiger charge is 2.40. The number of likely N-dealkylation sites (tertiary alicyclic amines) is 1. The first-order chi connectivity index (χ1) is 8.13. The van der Waals surface area contributed by atoms with E-state index in [1.54, 1.807) is 0 Å². The van der Waals surface area contributed by atoms with Gasteiger partial charge in [-0.2, -0.15) is 0 Å². The molecule has 0 bridgehead atoms. The van der Waals surface area contributed by atoms with Gasteiger partial charge < -0.3 is 14.7 Å². The van der Waals surface area contributed by atoms with Crippen molar-refractivity contribution in [2.45, 2.75) is 25.4 Å². The minimum Gasteiger partial charge on any atom is -0.481 e. The Morgan fingerprint density at radius 1 is 1.53 bits per heavy atom. The molecule has 2 fully saturated rings. The molecule has 5 nitrogen and oxygen atoms in total. The van der Waals surface area contributed by atoms with Gasteiger partial charge in [-0.05, 0) is 26.6 Å². The average Bonchev–Trinajstić information content (AvgIpc) is 2.89. The summed E-state index contributed by atoms with van der Waals surface area (Å²) in [6, 6.07) is 0.535.